The highest BCUT2D eigenvalue weighted by Gasteiger charge is 2.20. The van der Waals surface area contributed by atoms with E-state index in [1.165, 1.54) is 5.56 Å². The highest BCUT2D eigenvalue weighted by molar-refractivity contribution is 6.04. The molecule has 2 aromatic rings. The van der Waals surface area contributed by atoms with Crippen molar-refractivity contribution in [2.45, 2.75) is 40.0 Å². The van der Waals surface area contributed by atoms with Crippen molar-refractivity contribution < 1.29 is 4.79 Å². The van der Waals surface area contributed by atoms with Gasteiger partial charge in [0.15, 0.2) is 0 Å². The standard InChI is InChI=1S/C22H31N5O/c1-15-19(16(2)24-21(23-15)27-13-11-26(6)12-14-27)25-20(28)17-7-9-18(10-8-17)22(3,4)5/h7-10H,11-14H2,1-6H3,(H,25,28). The molecule has 150 valence electrons. The van der Waals surface area contributed by atoms with Crippen molar-refractivity contribution in [2.75, 3.05) is 43.4 Å². The number of rotatable bonds is 3. The van der Waals surface area contributed by atoms with Crippen LogP contribution in [0.4, 0.5) is 11.6 Å². The van der Waals surface area contributed by atoms with Crippen LogP contribution >= 0.6 is 0 Å². The number of nitrogens with zero attached hydrogens (tertiary/aromatic N) is 4. The van der Waals surface area contributed by atoms with Crippen LogP contribution in [0.2, 0.25) is 0 Å². The number of amides is 1. The van der Waals surface area contributed by atoms with Gasteiger partial charge in [0, 0.05) is 31.7 Å². The van der Waals surface area contributed by atoms with Crippen molar-refractivity contribution in [3.63, 3.8) is 0 Å². The molecule has 1 aliphatic heterocycles. The highest BCUT2D eigenvalue weighted by atomic mass is 16.1. The van der Waals surface area contributed by atoms with E-state index in [1.807, 2.05) is 38.1 Å². The van der Waals surface area contributed by atoms with Crippen molar-refractivity contribution in [2.24, 2.45) is 0 Å². The molecular formula is C22H31N5O. The number of hydrogen-bond acceptors (Lipinski definition) is 5. The molecule has 6 nitrogen and oxygen atoms in total. The number of likely N-dealkylation sites (N-methyl/N-ethyl adjacent to an activating group) is 1. The SMILES string of the molecule is Cc1nc(N2CCN(C)CC2)nc(C)c1NC(=O)c1ccc(C(C)(C)C)cc1. The third kappa shape index (κ3) is 4.50. The molecule has 1 N–H and O–H groups in total. The third-order valence-electron chi connectivity index (χ3n) is 5.30. The Hall–Kier alpha value is -2.47. The summed E-state index contributed by atoms with van der Waals surface area (Å²) in [4.78, 5) is 26.5. The number of aromatic nitrogens is 2. The van der Waals surface area contributed by atoms with Gasteiger partial charge in [-0.15, -0.1) is 0 Å². The number of benzene rings is 1. The maximum absolute atomic E-state index is 12.7. The van der Waals surface area contributed by atoms with Gasteiger partial charge in [-0.2, -0.15) is 0 Å². The van der Waals surface area contributed by atoms with E-state index in [9.17, 15) is 4.79 Å². The first kappa shape index (κ1) is 20.3. The molecule has 1 aromatic carbocycles. The van der Waals surface area contributed by atoms with Gasteiger partial charge in [0.05, 0.1) is 17.1 Å². The van der Waals surface area contributed by atoms with E-state index in [1.54, 1.807) is 0 Å². The van der Waals surface area contributed by atoms with E-state index in [0.29, 0.717) is 11.3 Å². The third-order valence-corrected chi connectivity index (χ3v) is 5.30. The number of anilines is 2. The van der Waals surface area contributed by atoms with E-state index in [0.717, 1.165) is 43.5 Å². The van der Waals surface area contributed by atoms with Crippen LogP contribution in [0.1, 0.15) is 48.1 Å². The van der Waals surface area contributed by atoms with Crippen molar-refractivity contribution in [3.05, 3.63) is 46.8 Å². The van der Waals surface area contributed by atoms with Crippen LogP contribution in [0.15, 0.2) is 24.3 Å². The zero-order chi connectivity index (χ0) is 20.5. The van der Waals surface area contributed by atoms with Gasteiger partial charge in [-0.1, -0.05) is 32.9 Å². The second kappa shape index (κ2) is 7.87. The monoisotopic (exact) mass is 381 g/mol. The minimum Gasteiger partial charge on any atom is -0.338 e. The fourth-order valence-corrected chi connectivity index (χ4v) is 3.33. The molecule has 2 heterocycles. The van der Waals surface area contributed by atoms with Gasteiger partial charge in [0.1, 0.15) is 0 Å². The minimum absolute atomic E-state index is 0.0646. The molecule has 0 spiro atoms. The summed E-state index contributed by atoms with van der Waals surface area (Å²) in [7, 11) is 2.13. The smallest absolute Gasteiger partial charge is 0.255 e. The molecule has 1 saturated heterocycles. The van der Waals surface area contributed by atoms with Gasteiger partial charge in [-0.25, -0.2) is 9.97 Å². The molecule has 1 aliphatic rings. The van der Waals surface area contributed by atoms with Crippen LogP contribution in [-0.2, 0) is 5.41 Å². The first-order valence-electron chi connectivity index (χ1n) is 9.86. The summed E-state index contributed by atoms with van der Waals surface area (Å²) in [5.74, 6) is 0.609. The minimum atomic E-state index is -0.136. The van der Waals surface area contributed by atoms with Crippen molar-refractivity contribution in [1.82, 2.24) is 14.9 Å². The molecule has 0 unspecified atom stereocenters. The fraction of sp³-hybridized carbons (Fsp3) is 0.500. The van der Waals surface area contributed by atoms with E-state index in [4.69, 9.17) is 0 Å². The molecule has 1 aromatic heterocycles. The molecule has 1 fully saturated rings. The summed E-state index contributed by atoms with van der Waals surface area (Å²) in [5.41, 5.74) is 4.19. The Balaban J connectivity index is 1.76. The average Bonchev–Trinajstić information content (AvgIpc) is 2.64. The summed E-state index contributed by atoms with van der Waals surface area (Å²) in [6, 6.07) is 7.78. The fourth-order valence-electron chi connectivity index (χ4n) is 3.33. The van der Waals surface area contributed by atoms with E-state index < -0.39 is 0 Å². The quantitative estimate of drug-likeness (QED) is 0.883. The van der Waals surface area contributed by atoms with Crippen molar-refractivity contribution in [1.29, 1.82) is 0 Å². The second-order valence-corrected chi connectivity index (χ2v) is 8.64. The lowest BCUT2D eigenvalue weighted by atomic mass is 9.87. The van der Waals surface area contributed by atoms with Crippen LogP contribution in [0.3, 0.4) is 0 Å². The van der Waals surface area contributed by atoms with E-state index >= 15 is 0 Å². The zero-order valence-corrected chi connectivity index (χ0v) is 17.8. The summed E-state index contributed by atoms with van der Waals surface area (Å²) >= 11 is 0. The highest BCUT2D eigenvalue weighted by Crippen LogP contribution is 2.24. The molecular weight excluding hydrogens is 350 g/mol. The lowest BCUT2D eigenvalue weighted by Crippen LogP contribution is -2.45. The largest absolute Gasteiger partial charge is 0.338 e. The molecule has 6 heteroatoms. The Bertz CT molecular complexity index is 823. The number of carbonyl (C=O) groups is 1. The first-order chi connectivity index (χ1) is 13.1. The van der Waals surface area contributed by atoms with E-state index in [2.05, 4.69) is 52.9 Å². The molecule has 0 aliphatic carbocycles. The van der Waals surface area contributed by atoms with Crippen LogP contribution in [0, 0.1) is 13.8 Å². The predicted octanol–water partition coefficient (Wildman–Crippen LogP) is 3.40. The van der Waals surface area contributed by atoms with Gasteiger partial charge < -0.3 is 15.1 Å². The van der Waals surface area contributed by atoms with Gasteiger partial charge in [0.2, 0.25) is 5.95 Å². The first-order valence-corrected chi connectivity index (χ1v) is 9.86. The second-order valence-electron chi connectivity index (χ2n) is 8.64. The normalized spacial score (nSPS) is 15.6. The van der Waals surface area contributed by atoms with Crippen LogP contribution < -0.4 is 10.2 Å². The van der Waals surface area contributed by atoms with Gasteiger partial charge >= 0.3 is 0 Å². The molecule has 0 bridgehead atoms. The summed E-state index contributed by atoms with van der Waals surface area (Å²) in [6.07, 6.45) is 0. The predicted molar refractivity (Wildman–Crippen MR) is 114 cm³/mol. The zero-order valence-electron chi connectivity index (χ0n) is 17.8. The number of hydrogen-bond donors (Lipinski definition) is 1. The molecule has 0 saturated carbocycles. The lowest BCUT2D eigenvalue weighted by molar-refractivity contribution is 0.102. The maximum Gasteiger partial charge on any atom is 0.255 e. The van der Waals surface area contributed by atoms with Crippen molar-refractivity contribution in [3.8, 4) is 0 Å². The van der Waals surface area contributed by atoms with Crippen LogP contribution in [0.5, 0.6) is 0 Å². The number of aryl methyl sites for hydroxylation is 2. The molecule has 3 rings (SSSR count). The number of nitrogens with one attached hydrogen (secondary N) is 1. The molecule has 0 radical (unpaired) electrons. The van der Waals surface area contributed by atoms with Gasteiger partial charge in [-0.05, 0) is 44.0 Å². The Morgan fingerprint density at radius 2 is 1.50 bits per heavy atom. The summed E-state index contributed by atoms with van der Waals surface area (Å²) < 4.78 is 0. The molecule has 0 atom stereocenters. The summed E-state index contributed by atoms with van der Waals surface area (Å²) in [6.45, 7) is 14.2. The van der Waals surface area contributed by atoms with Crippen molar-refractivity contribution >= 4 is 17.5 Å². The Kier molecular flexibility index (Phi) is 5.70. The number of piperazine rings is 1. The Morgan fingerprint density at radius 1 is 0.964 bits per heavy atom. The lowest BCUT2D eigenvalue weighted by Gasteiger charge is -2.32. The van der Waals surface area contributed by atoms with E-state index in [-0.39, 0.29) is 11.3 Å². The number of carbonyl (C=O) groups excluding carboxylic acids is 1. The van der Waals surface area contributed by atoms with Gasteiger partial charge in [-0.3, -0.25) is 4.79 Å². The topological polar surface area (TPSA) is 61.4 Å². The Morgan fingerprint density at radius 3 is 2.00 bits per heavy atom. The summed E-state index contributed by atoms with van der Waals surface area (Å²) in [5, 5.41) is 3.00. The average molecular weight is 382 g/mol. The van der Waals surface area contributed by atoms with Crippen LogP contribution in [-0.4, -0.2) is 54.0 Å². The van der Waals surface area contributed by atoms with Gasteiger partial charge in [0.25, 0.3) is 5.91 Å². The Labute approximate surface area is 168 Å². The molecule has 28 heavy (non-hydrogen) atoms. The maximum atomic E-state index is 12.7. The van der Waals surface area contributed by atoms with Crippen LogP contribution in [0.25, 0.3) is 0 Å². The molecule has 1 amide bonds.